The zero-order valence-electron chi connectivity index (χ0n) is 27.5. The number of hydrogen-bond donors (Lipinski definition) is 5. The van der Waals surface area contributed by atoms with Crippen LogP contribution in [0.3, 0.4) is 0 Å². The van der Waals surface area contributed by atoms with Crippen molar-refractivity contribution in [3.8, 4) is 0 Å². The van der Waals surface area contributed by atoms with Crippen molar-refractivity contribution < 1.29 is 28.5 Å². The number of likely N-dealkylation sites (tertiary alicyclic amines) is 1. The molecule has 3 aliphatic rings. The van der Waals surface area contributed by atoms with Gasteiger partial charge in [-0.25, -0.2) is 4.98 Å². The van der Waals surface area contributed by atoms with Gasteiger partial charge < -0.3 is 30.7 Å². The van der Waals surface area contributed by atoms with E-state index in [1.54, 1.807) is 4.90 Å². The molecule has 1 aromatic heterocycles. The molecule has 2 heterocycles. The van der Waals surface area contributed by atoms with Crippen LogP contribution in [-0.2, 0) is 19.2 Å². The van der Waals surface area contributed by atoms with Gasteiger partial charge in [-0.1, -0.05) is 40.5 Å². The first-order valence-corrected chi connectivity index (χ1v) is 17.3. The minimum absolute atomic E-state index is 0.0290. The van der Waals surface area contributed by atoms with Crippen LogP contribution in [0, 0.1) is 23.2 Å². The van der Waals surface area contributed by atoms with Gasteiger partial charge in [0.05, 0.1) is 12.1 Å². The van der Waals surface area contributed by atoms with Crippen LogP contribution in [0.25, 0.3) is 0 Å². The highest BCUT2D eigenvalue weighted by atomic mass is 32.2. The van der Waals surface area contributed by atoms with E-state index >= 15 is 0 Å². The molecular formula is C32H49N7O6S. The van der Waals surface area contributed by atoms with Crippen molar-refractivity contribution in [2.75, 3.05) is 12.3 Å². The molecule has 5 amide bonds. The van der Waals surface area contributed by atoms with Gasteiger partial charge >= 0.3 is 0 Å². The van der Waals surface area contributed by atoms with Gasteiger partial charge in [-0.2, -0.15) is 0 Å². The third-order valence-electron chi connectivity index (χ3n) is 9.31. The largest absolute Gasteiger partial charge is 0.353 e. The molecule has 3 fully saturated rings. The summed E-state index contributed by atoms with van der Waals surface area (Å²) in [5, 5.41) is 11.6. The highest BCUT2D eigenvalue weighted by Crippen LogP contribution is 2.43. The van der Waals surface area contributed by atoms with Gasteiger partial charge in [-0.3, -0.25) is 29.0 Å². The number of hydrogen-bond acceptors (Lipinski definition) is 9. The van der Waals surface area contributed by atoms with E-state index in [0.29, 0.717) is 25.0 Å². The van der Waals surface area contributed by atoms with Gasteiger partial charge in [0.1, 0.15) is 23.8 Å². The summed E-state index contributed by atoms with van der Waals surface area (Å²) in [6, 6.07) is -3.05. The van der Waals surface area contributed by atoms with Crippen molar-refractivity contribution in [1.29, 1.82) is 0 Å². The molecule has 7 atom stereocenters. The summed E-state index contributed by atoms with van der Waals surface area (Å²) in [4.78, 5) is 77.0. The Morgan fingerprint density at radius 1 is 1.04 bits per heavy atom. The number of amides is 5. The Morgan fingerprint density at radius 3 is 2.39 bits per heavy atom. The lowest BCUT2D eigenvalue weighted by atomic mass is 9.85. The molecule has 0 radical (unpaired) electrons. The quantitative estimate of drug-likeness (QED) is 0.187. The van der Waals surface area contributed by atoms with Crippen molar-refractivity contribution in [2.45, 2.75) is 110 Å². The Balaban J connectivity index is 1.51. The second kappa shape index (κ2) is 15.6. The molecule has 254 valence electrons. The van der Waals surface area contributed by atoms with Gasteiger partial charge in [-0.05, 0) is 68.3 Å². The van der Waals surface area contributed by atoms with Crippen LogP contribution in [-0.4, -0.2) is 91.5 Å². The third-order valence-corrected chi connectivity index (χ3v) is 9.81. The number of carbonyl (C=O) groups excluding carboxylic acids is 5. The molecule has 1 aliphatic heterocycles. The Labute approximate surface area is 275 Å². The number of nitrogens with one attached hydrogen (secondary N) is 4. The predicted octanol–water partition coefficient (Wildman–Crippen LogP) is 2.14. The van der Waals surface area contributed by atoms with E-state index in [1.807, 2.05) is 27.7 Å². The molecular weight excluding hydrogens is 610 g/mol. The average molecular weight is 660 g/mol. The normalized spacial score (nSPS) is 23.4. The van der Waals surface area contributed by atoms with Crippen LogP contribution in [0.15, 0.2) is 18.6 Å². The third kappa shape index (κ3) is 8.75. The van der Waals surface area contributed by atoms with Gasteiger partial charge in [0.2, 0.25) is 23.6 Å². The predicted molar refractivity (Wildman–Crippen MR) is 173 cm³/mol. The van der Waals surface area contributed by atoms with Crippen LogP contribution in [0.1, 0.15) is 90.1 Å². The van der Waals surface area contributed by atoms with Crippen molar-refractivity contribution >= 4 is 41.6 Å². The maximum absolute atomic E-state index is 14.3. The van der Waals surface area contributed by atoms with Gasteiger partial charge in [0.25, 0.3) is 5.91 Å². The monoisotopic (exact) mass is 659 g/mol. The fourth-order valence-corrected chi connectivity index (χ4v) is 7.19. The molecule has 3 unspecified atom stereocenters. The Morgan fingerprint density at radius 2 is 1.78 bits per heavy atom. The van der Waals surface area contributed by atoms with Gasteiger partial charge in [-0.15, -0.1) is 0 Å². The molecule has 1 aromatic rings. The highest BCUT2D eigenvalue weighted by molar-refractivity contribution is 7.93. The zero-order valence-corrected chi connectivity index (χ0v) is 28.3. The van der Waals surface area contributed by atoms with Crippen LogP contribution in [0.2, 0.25) is 0 Å². The fourth-order valence-electron chi connectivity index (χ4n) is 6.65. The summed E-state index contributed by atoms with van der Waals surface area (Å²) >= 11 is 0.587. The summed E-state index contributed by atoms with van der Waals surface area (Å²) in [5.74, 6) is -2.30. The summed E-state index contributed by atoms with van der Waals surface area (Å²) < 4.78 is 9.70. The Kier molecular flexibility index (Phi) is 12.0. The second-order valence-electron chi connectivity index (χ2n) is 14.0. The topological polar surface area (TPSA) is 183 Å². The molecule has 1 saturated heterocycles. The van der Waals surface area contributed by atoms with E-state index in [2.05, 4.69) is 31.2 Å². The van der Waals surface area contributed by atoms with Crippen molar-refractivity contribution in [3.63, 3.8) is 0 Å². The molecule has 46 heavy (non-hydrogen) atoms. The van der Waals surface area contributed by atoms with Crippen LogP contribution < -0.4 is 21.3 Å². The van der Waals surface area contributed by atoms with Gasteiger partial charge in [0, 0.05) is 36.8 Å². The average Bonchev–Trinajstić information content (AvgIpc) is 3.57. The first kappa shape index (κ1) is 35.6. The number of rotatable bonds is 14. The van der Waals surface area contributed by atoms with E-state index in [1.165, 1.54) is 25.5 Å². The molecule has 13 nitrogen and oxygen atoms in total. The summed E-state index contributed by atoms with van der Waals surface area (Å²) in [6.45, 7) is 9.44. The minimum atomic E-state index is -0.973. The smallest absolute Gasteiger partial charge is 0.272 e. The number of nitrogens with zero attached hydrogens (tertiary/aromatic N) is 3. The molecule has 5 N–H and O–H groups in total. The van der Waals surface area contributed by atoms with E-state index in [4.69, 9.17) is 0 Å². The van der Waals surface area contributed by atoms with E-state index in [-0.39, 0.29) is 47.0 Å². The maximum Gasteiger partial charge on any atom is 0.272 e. The van der Waals surface area contributed by atoms with Crippen molar-refractivity contribution in [3.05, 3.63) is 24.3 Å². The highest BCUT2D eigenvalue weighted by Gasteiger charge is 2.52. The van der Waals surface area contributed by atoms with Gasteiger partial charge in [0.15, 0.2) is 0 Å². The van der Waals surface area contributed by atoms with Crippen LogP contribution in [0.5, 0.6) is 0 Å². The SMILES string of the molecule is CCC[C@H](NC(=O)[C@@H]1C2CCCC2CN1C(=O)[C@@H](NC(=O)[C@H](C)NC(=O)c1cnccn1)C(C)(C)C)C(CSO)C(=O)NC1CC1. The summed E-state index contributed by atoms with van der Waals surface area (Å²) in [6.07, 6.45) is 9.91. The molecule has 14 heteroatoms. The van der Waals surface area contributed by atoms with Crippen molar-refractivity contribution in [2.24, 2.45) is 23.2 Å². The minimum Gasteiger partial charge on any atom is -0.353 e. The van der Waals surface area contributed by atoms with Crippen molar-refractivity contribution in [1.82, 2.24) is 36.1 Å². The van der Waals surface area contributed by atoms with E-state index in [9.17, 15) is 28.5 Å². The van der Waals surface area contributed by atoms with E-state index in [0.717, 1.165) is 38.5 Å². The molecule has 4 rings (SSSR count). The number of fused-ring (bicyclic) bond motifs is 1. The van der Waals surface area contributed by atoms with Crippen LogP contribution in [0.4, 0.5) is 0 Å². The lowest BCUT2D eigenvalue weighted by Gasteiger charge is -2.37. The standard InChI is InChI=1S/C32H49N7O6S/c1-6-8-23(22(17-46-45)28(41)36-20-11-12-20)37-30(43)25-21-10-7-9-19(21)16-39(25)31(44)26(32(3,4)5)38-27(40)18(2)35-29(42)24-15-33-13-14-34-24/h13-15,18-23,25-26,45H,6-12,16-17H2,1-5H3,(H,35,42)(H,36,41)(H,37,43)(H,38,40)/t18-,19?,21?,22?,23-,25-,26+/m0/s1. The number of carbonyl (C=O) groups is 5. The summed E-state index contributed by atoms with van der Waals surface area (Å²) in [5.41, 5.74) is -0.649. The molecule has 2 aliphatic carbocycles. The maximum atomic E-state index is 14.3. The van der Waals surface area contributed by atoms with E-state index < -0.39 is 47.3 Å². The second-order valence-corrected chi connectivity index (χ2v) is 14.6. The molecule has 2 saturated carbocycles. The Bertz CT molecular complexity index is 1260. The fraction of sp³-hybridized carbons (Fsp3) is 0.719. The Hall–Kier alpha value is -3.26. The zero-order chi connectivity index (χ0) is 33.6. The molecule has 0 aromatic carbocycles. The summed E-state index contributed by atoms with van der Waals surface area (Å²) in [7, 11) is 0. The van der Waals surface area contributed by atoms with Crippen LogP contribution >= 0.6 is 12.0 Å². The lowest BCUT2D eigenvalue weighted by molar-refractivity contribution is -0.145. The first-order valence-electron chi connectivity index (χ1n) is 16.4. The number of aromatic nitrogens is 2. The lowest BCUT2D eigenvalue weighted by Crippen LogP contribution is -2.61. The molecule has 0 bridgehead atoms. The molecule has 0 spiro atoms. The first-order chi connectivity index (χ1) is 21.8.